The summed E-state index contributed by atoms with van der Waals surface area (Å²) >= 11 is 0. The molecular formula is C7H11N3O3. The van der Waals surface area contributed by atoms with Gasteiger partial charge in [-0.3, -0.25) is 9.59 Å². The summed E-state index contributed by atoms with van der Waals surface area (Å²) in [5, 5.41) is 3.72. The highest BCUT2D eigenvalue weighted by molar-refractivity contribution is 6.34. The van der Waals surface area contributed by atoms with Gasteiger partial charge >= 0.3 is 11.8 Å². The summed E-state index contributed by atoms with van der Waals surface area (Å²) in [6.45, 7) is 2.41. The third-order valence-electron chi connectivity index (χ3n) is 1.72. The Morgan fingerprint density at radius 1 is 1.69 bits per heavy atom. The summed E-state index contributed by atoms with van der Waals surface area (Å²) in [5.74, 6) is -1.96. The molecule has 1 unspecified atom stereocenters. The van der Waals surface area contributed by atoms with Gasteiger partial charge in [-0.25, -0.2) is 5.43 Å². The van der Waals surface area contributed by atoms with Crippen LogP contribution in [0.5, 0.6) is 0 Å². The molecule has 0 aromatic carbocycles. The maximum Gasteiger partial charge on any atom is 0.329 e. The summed E-state index contributed by atoms with van der Waals surface area (Å²) < 4.78 is 5.16. The Hall–Kier alpha value is -1.43. The van der Waals surface area contributed by atoms with Crippen LogP contribution in [0.25, 0.3) is 0 Å². The lowest BCUT2D eigenvalue weighted by Crippen LogP contribution is -2.34. The number of nitrogens with two attached hydrogens (primary N) is 1. The molecule has 0 saturated carbocycles. The summed E-state index contributed by atoms with van der Waals surface area (Å²) in [7, 11) is 0. The molecule has 1 atom stereocenters. The van der Waals surface area contributed by atoms with Gasteiger partial charge < -0.3 is 10.5 Å². The topological polar surface area (TPSA) is 93.8 Å². The number of carbonyl (C=O) groups is 2. The van der Waals surface area contributed by atoms with E-state index >= 15 is 0 Å². The van der Waals surface area contributed by atoms with Gasteiger partial charge in [0.25, 0.3) is 0 Å². The average Bonchev–Trinajstić information content (AvgIpc) is 2.47. The molecule has 13 heavy (non-hydrogen) atoms. The van der Waals surface area contributed by atoms with Crippen LogP contribution in [-0.2, 0) is 14.3 Å². The van der Waals surface area contributed by atoms with Gasteiger partial charge in [0.1, 0.15) is 0 Å². The molecule has 1 heterocycles. The molecule has 72 valence electrons. The number of hydrogen-bond acceptors (Lipinski definition) is 4. The van der Waals surface area contributed by atoms with E-state index in [4.69, 9.17) is 10.5 Å². The quantitative estimate of drug-likeness (QED) is 0.395. The van der Waals surface area contributed by atoms with Crippen LogP contribution in [0, 0.1) is 0 Å². The number of nitrogens with one attached hydrogen (secondary N) is 1. The van der Waals surface area contributed by atoms with Gasteiger partial charge in [0.15, 0.2) is 0 Å². The van der Waals surface area contributed by atoms with Gasteiger partial charge in [0.2, 0.25) is 0 Å². The summed E-state index contributed by atoms with van der Waals surface area (Å²) in [5.41, 5.74) is 7.47. The third kappa shape index (κ3) is 2.51. The molecule has 6 heteroatoms. The molecule has 1 saturated heterocycles. The lowest BCUT2D eigenvalue weighted by Gasteiger charge is -2.02. The standard InChI is InChI=1S/C7H11N3O3/c1-4-5(2-3-13-4)9-10-7(12)6(8)11/h4H,2-3H2,1H3,(H2,8,11)(H,10,12)/b9-5+. The SMILES string of the molecule is CC1OCC/C1=N\NC(=O)C(N)=O. The molecule has 0 aromatic rings. The van der Waals surface area contributed by atoms with E-state index in [0.717, 1.165) is 5.71 Å². The van der Waals surface area contributed by atoms with E-state index in [2.05, 4.69) is 5.10 Å². The molecule has 0 aliphatic carbocycles. The number of nitrogens with zero attached hydrogens (tertiary/aromatic N) is 1. The zero-order valence-corrected chi connectivity index (χ0v) is 7.24. The normalized spacial score (nSPS) is 24.7. The average molecular weight is 185 g/mol. The Balaban J connectivity index is 2.48. The van der Waals surface area contributed by atoms with Crippen molar-refractivity contribution in [3.8, 4) is 0 Å². The fourth-order valence-electron chi connectivity index (χ4n) is 0.964. The lowest BCUT2D eigenvalue weighted by molar-refractivity contribution is -0.137. The van der Waals surface area contributed by atoms with E-state index in [1.54, 1.807) is 0 Å². The first-order chi connectivity index (χ1) is 6.11. The van der Waals surface area contributed by atoms with Crippen LogP contribution < -0.4 is 11.2 Å². The van der Waals surface area contributed by atoms with Crippen LogP contribution in [0.4, 0.5) is 0 Å². The lowest BCUT2D eigenvalue weighted by atomic mass is 10.2. The molecule has 1 fully saturated rings. The molecule has 0 aromatic heterocycles. The van der Waals surface area contributed by atoms with Crippen molar-refractivity contribution in [1.82, 2.24) is 5.43 Å². The summed E-state index contributed by atoms with van der Waals surface area (Å²) in [4.78, 5) is 21.0. The fourth-order valence-corrected chi connectivity index (χ4v) is 0.964. The molecule has 3 N–H and O–H groups in total. The van der Waals surface area contributed by atoms with E-state index in [0.29, 0.717) is 13.0 Å². The van der Waals surface area contributed by atoms with Gasteiger partial charge in [-0.15, -0.1) is 0 Å². The number of carbonyl (C=O) groups excluding carboxylic acids is 2. The fraction of sp³-hybridized carbons (Fsp3) is 0.571. The molecule has 1 rings (SSSR count). The van der Waals surface area contributed by atoms with Gasteiger partial charge in [0.05, 0.1) is 18.4 Å². The minimum atomic E-state index is -1.05. The van der Waals surface area contributed by atoms with Gasteiger partial charge in [-0.1, -0.05) is 0 Å². The van der Waals surface area contributed by atoms with Gasteiger partial charge in [-0.2, -0.15) is 5.10 Å². The minimum absolute atomic E-state index is 0.104. The van der Waals surface area contributed by atoms with Crippen molar-refractivity contribution in [3.05, 3.63) is 0 Å². The first-order valence-electron chi connectivity index (χ1n) is 3.89. The van der Waals surface area contributed by atoms with Crippen molar-refractivity contribution in [2.24, 2.45) is 10.8 Å². The van der Waals surface area contributed by atoms with Crippen molar-refractivity contribution >= 4 is 17.5 Å². The van der Waals surface area contributed by atoms with E-state index < -0.39 is 11.8 Å². The Labute approximate surface area is 75.1 Å². The zero-order valence-electron chi connectivity index (χ0n) is 7.24. The van der Waals surface area contributed by atoms with Crippen molar-refractivity contribution in [3.63, 3.8) is 0 Å². The second-order valence-electron chi connectivity index (χ2n) is 2.67. The predicted molar refractivity (Wildman–Crippen MR) is 44.8 cm³/mol. The van der Waals surface area contributed by atoms with Crippen molar-refractivity contribution in [2.75, 3.05) is 6.61 Å². The molecule has 0 bridgehead atoms. The summed E-state index contributed by atoms with van der Waals surface area (Å²) in [6.07, 6.45) is 0.563. The smallest absolute Gasteiger partial charge is 0.329 e. The molecule has 1 aliphatic heterocycles. The number of ether oxygens (including phenoxy) is 1. The molecule has 0 spiro atoms. The van der Waals surface area contributed by atoms with Crippen molar-refractivity contribution in [1.29, 1.82) is 0 Å². The van der Waals surface area contributed by atoms with Gasteiger partial charge in [0, 0.05) is 6.42 Å². The number of hydrazone groups is 1. The molecular weight excluding hydrogens is 174 g/mol. The van der Waals surface area contributed by atoms with Crippen LogP contribution in [0.1, 0.15) is 13.3 Å². The number of primary amides is 1. The molecule has 0 radical (unpaired) electrons. The molecule has 2 amide bonds. The van der Waals surface area contributed by atoms with Crippen LogP contribution in [0.15, 0.2) is 5.10 Å². The first-order valence-corrected chi connectivity index (χ1v) is 3.89. The second-order valence-corrected chi connectivity index (χ2v) is 2.67. The Morgan fingerprint density at radius 3 is 2.85 bits per heavy atom. The maximum absolute atomic E-state index is 10.7. The highest BCUT2D eigenvalue weighted by Crippen LogP contribution is 2.07. The van der Waals surface area contributed by atoms with E-state index in [9.17, 15) is 9.59 Å². The van der Waals surface area contributed by atoms with Crippen LogP contribution in [0.2, 0.25) is 0 Å². The van der Waals surface area contributed by atoms with E-state index in [1.807, 2.05) is 12.3 Å². The number of amides is 2. The Kier molecular flexibility index (Phi) is 2.97. The Bertz CT molecular complexity index is 262. The molecule has 6 nitrogen and oxygen atoms in total. The van der Waals surface area contributed by atoms with Crippen LogP contribution in [-0.4, -0.2) is 30.2 Å². The van der Waals surface area contributed by atoms with Crippen LogP contribution in [0.3, 0.4) is 0 Å². The van der Waals surface area contributed by atoms with E-state index in [1.165, 1.54) is 0 Å². The van der Waals surface area contributed by atoms with Crippen molar-refractivity contribution < 1.29 is 14.3 Å². The highest BCUT2D eigenvalue weighted by Gasteiger charge is 2.19. The first kappa shape index (κ1) is 9.66. The van der Waals surface area contributed by atoms with E-state index in [-0.39, 0.29) is 6.10 Å². The third-order valence-corrected chi connectivity index (χ3v) is 1.72. The largest absolute Gasteiger partial charge is 0.372 e. The second kappa shape index (κ2) is 3.99. The highest BCUT2D eigenvalue weighted by atomic mass is 16.5. The minimum Gasteiger partial charge on any atom is -0.372 e. The van der Waals surface area contributed by atoms with Crippen molar-refractivity contribution in [2.45, 2.75) is 19.4 Å². The monoisotopic (exact) mass is 185 g/mol. The number of hydrogen-bond donors (Lipinski definition) is 2. The number of rotatable bonds is 1. The zero-order chi connectivity index (χ0) is 9.84. The van der Waals surface area contributed by atoms with Gasteiger partial charge in [-0.05, 0) is 6.92 Å². The molecule has 1 aliphatic rings. The Morgan fingerprint density at radius 2 is 2.38 bits per heavy atom. The maximum atomic E-state index is 10.7. The predicted octanol–water partition coefficient (Wildman–Crippen LogP) is -1.25. The summed E-state index contributed by atoms with van der Waals surface area (Å²) in [6, 6.07) is 0. The van der Waals surface area contributed by atoms with Crippen LogP contribution >= 0.6 is 0 Å².